The Hall–Kier alpha value is 0.190. The van der Waals surface area contributed by atoms with Crippen molar-refractivity contribution in [1.29, 1.82) is 0 Å². The molecule has 2 saturated heterocycles. The summed E-state index contributed by atoms with van der Waals surface area (Å²) in [7, 11) is 0. The highest BCUT2D eigenvalue weighted by molar-refractivity contribution is 7.95. The highest BCUT2D eigenvalue weighted by atomic mass is 32.2. The molecule has 0 radical (unpaired) electrons. The van der Waals surface area contributed by atoms with E-state index in [4.69, 9.17) is 9.47 Å². The van der Waals surface area contributed by atoms with Crippen molar-refractivity contribution < 1.29 is 9.47 Å². The molecule has 0 saturated carbocycles. The van der Waals surface area contributed by atoms with Gasteiger partial charge in [-0.15, -0.1) is 0 Å². The topological polar surface area (TPSA) is 42.5 Å². The number of nitrogens with one attached hydrogen (secondary N) is 2. The van der Waals surface area contributed by atoms with Gasteiger partial charge in [0, 0.05) is 12.1 Å². The average molecular weight is 134 g/mol. The average Bonchev–Trinajstić information content (AvgIpc) is 2.15. The third kappa shape index (κ3) is 0.636. The Bertz CT molecular complexity index is 81.3. The van der Waals surface area contributed by atoms with Crippen molar-refractivity contribution in [2.75, 3.05) is 6.79 Å². The molecule has 5 heteroatoms. The van der Waals surface area contributed by atoms with Crippen LogP contribution in [0.3, 0.4) is 0 Å². The molecule has 0 aliphatic carbocycles. The van der Waals surface area contributed by atoms with Crippen molar-refractivity contribution in [3.8, 4) is 0 Å². The van der Waals surface area contributed by atoms with Crippen LogP contribution in [-0.2, 0) is 9.47 Å². The fourth-order valence-electron chi connectivity index (χ4n) is 0.702. The van der Waals surface area contributed by atoms with Gasteiger partial charge in [-0.05, 0) is 0 Å². The van der Waals surface area contributed by atoms with E-state index < -0.39 is 0 Å². The summed E-state index contributed by atoms with van der Waals surface area (Å²) in [6.07, 6.45) is 0.111. The first kappa shape index (κ1) is 5.01. The van der Waals surface area contributed by atoms with E-state index in [1.165, 1.54) is 12.1 Å². The number of rotatable bonds is 0. The SMILES string of the molecule is C1OC2NSNC2O1. The monoisotopic (exact) mass is 134 g/mol. The van der Waals surface area contributed by atoms with Crippen molar-refractivity contribution in [2.45, 2.75) is 12.5 Å². The molecule has 4 nitrogen and oxygen atoms in total. The van der Waals surface area contributed by atoms with E-state index in [1.54, 1.807) is 0 Å². The third-order valence-electron chi connectivity index (χ3n) is 1.12. The molecule has 0 aromatic heterocycles. The fourth-order valence-corrected chi connectivity index (χ4v) is 1.39. The molecule has 46 valence electrons. The highest BCUT2D eigenvalue weighted by Crippen LogP contribution is 2.17. The Kier molecular flexibility index (Phi) is 1.16. The molecule has 2 aliphatic heterocycles. The molecule has 0 aromatic rings. The first-order valence-electron chi connectivity index (χ1n) is 2.37. The van der Waals surface area contributed by atoms with Gasteiger partial charge < -0.3 is 9.47 Å². The third-order valence-corrected chi connectivity index (χ3v) is 1.82. The predicted molar refractivity (Wildman–Crippen MR) is 28.5 cm³/mol. The van der Waals surface area contributed by atoms with Crippen molar-refractivity contribution in [3.05, 3.63) is 0 Å². The molecule has 2 rings (SSSR count). The molecular formula is C3H6N2O2S. The number of ether oxygens (including phenoxy) is 2. The van der Waals surface area contributed by atoms with Crippen molar-refractivity contribution in [1.82, 2.24) is 9.44 Å². The molecule has 8 heavy (non-hydrogen) atoms. The summed E-state index contributed by atoms with van der Waals surface area (Å²) in [5, 5.41) is 0. The van der Waals surface area contributed by atoms with Gasteiger partial charge in [-0.25, -0.2) is 9.44 Å². The van der Waals surface area contributed by atoms with Gasteiger partial charge in [0.2, 0.25) is 0 Å². The summed E-state index contributed by atoms with van der Waals surface area (Å²) in [4.78, 5) is 0. The summed E-state index contributed by atoms with van der Waals surface area (Å²) < 4.78 is 16.1. The zero-order valence-electron chi connectivity index (χ0n) is 4.09. The van der Waals surface area contributed by atoms with Gasteiger partial charge in [-0.1, -0.05) is 0 Å². The molecule has 0 spiro atoms. The van der Waals surface area contributed by atoms with Gasteiger partial charge in [0.1, 0.15) is 0 Å². The summed E-state index contributed by atoms with van der Waals surface area (Å²) in [5.41, 5.74) is 0. The molecule has 0 amide bonds. The van der Waals surface area contributed by atoms with Gasteiger partial charge in [0.25, 0.3) is 0 Å². The van der Waals surface area contributed by atoms with Crippen molar-refractivity contribution in [3.63, 3.8) is 0 Å². The molecule has 2 unspecified atom stereocenters. The second-order valence-electron chi connectivity index (χ2n) is 1.63. The van der Waals surface area contributed by atoms with Crippen LogP contribution in [0, 0.1) is 0 Å². The minimum Gasteiger partial charge on any atom is -0.332 e. The molecular weight excluding hydrogens is 128 g/mol. The predicted octanol–water partition coefficient (Wildman–Crippen LogP) is -0.601. The summed E-state index contributed by atoms with van der Waals surface area (Å²) in [5.74, 6) is 0. The Morgan fingerprint density at radius 1 is 1.25 bits per heavy atom. The maximum Gasteiger partial charge on any atom is 0.161 e. The molecule has 2 atom stereocenters. The Morgan fingerprint density at radius 2 is 1.88 bits per heavy atom. The van der Waals surface area contributed by atoms with Crippen LogP contribution in [0.2, 0.25) is 0 Å². The minimum atomic E-state index is 0.0556. The Balaban J connectivity index is 2.04. The standard InChI is InChI=1S/C3H6N2O2S/c1-6-2-3(7-1)5-8-4-2/h2-5H,1H2. The zero-order valence-corrected chi connectivity index (χ0v) is 4.90. The first-order chi connectivity index (χ1) is 3.97. The molecule has 2 fully saturated rings. The van der Waals surface area contributed by atoms with Crippen LogP contribution in [0.25, 0.3) is 0 Å². The molecule has 2 heterocycles. The van der Waals surface area contributed by atoms with E-state index in [9.17, 15) is 0 Å². The fraction of sp³-hybridized carbons (Fsp3) is 1.00. The quantitative estimate of drug-likeness (QED) is 0.433. The van der Waals surface area contributed by atoms with Crippen molar-refractivity contribution >= 4 is 12.1 Å². The van der Waals surface area contributed by atoms with E-state index in [1.807, 2.05) is 0 Å². The summed E-state index contributed by atoms with van der Waals surface area (Å²) in [6, 6.07) is 0. The lowest BCUT2D eigenvalue weighted by Gasteiger charge is -2.00. The van der Waals surface area contributed by atoms with E-state index in [0.717, 1.165) is 0 Å². The van der Waals surface area contributed by atoms with Gasteiger partial charge in [0.05, 0.1) is 0 Å². The lowest BCUT2D eigenvalue weighted by Crippen LogP contribution is -2.29. The second kappa shape index (κ2) is 1.85. The van der Waals surface area contributed by atoms with Gasteiger partial charge in [-0.3, -0.25) is 0 Å². The summed E-state index contributed by atoms with van der Waals surface area (Å²) in [6.45, 7) is 0.399. The maximum absolute atomic E-state index is 5.06. The van der Waals surface area contributed by atoms with Crippen LogP contribution in [0.4, 0.5) is 0 Å². The first-order valence-corrected chi connectivity index (χ1v) is 3.18. The number of hydrogen-bond acceptors (Lipinski definition) is 5. The summed E-state index contributed by atoms with van der Waals surface area (Å²) >= 11 is 1.42. The van der Waals surface area contributed by atoms with E-state index in [2.05, 4.69) is 9.44 Å². The van der Waals surface area contributed by atoms with Gasteiger partial charge >= 0.3 is 0 Å². The second-order valence-corrected chi connectivity index (χ2v) is 2.31. The smallest absolute Gasteiger partial charge is 0.161 e. The van der Waals surface area contributed by atoms with E-state index >= 15 is 0 Å². The van der Waals surface area contributed by atoms with Crippen LogP contribution in [-0.4, -0.2) is 19.2 Å². The van der Waals surface area contributed by atoms with Gasteiger partial charge in [0.15, 0.2) is 19.2 Å². The van der Waals surface area contributed by atoms with Gasteiger partial charge in [-0.2, -0.15) is 0 Å². The Labute approximate surface area is 51.2 Å². The lowest BCUT2D eigenvalue weighted by molar-refractivity contribution is 0.0343. The number of fused-ring (bicyclic) bond motifs is 1. The van der Waals surface area contributed by atoms with Crippen LogP contribution in [0.15, 0.2) is 0 Å². The molecule has 0 aromatic carbocycles. The molecule has 2 N–H and O–H groups in total. The minimum absolute atomic E-state index is 0.0556. The molecule has 2 aliphatic rings. The highest BCUT2D eigenvalue weighted by Gasteiger charge is 2.33. The van der Waals surface area contributed by atoms with Crippen LogP contribution < -0.4 is 9.44 Å². The van der Waals surface area contributed by atoms with E-state index in [0.29, 0.717) is 6.79 Å². The largest absolute Gasteiger partial charge is 0.332 e. The normalized spacial score (nSPS) is 45.0. The maximum atomic E-state index is 5.06. The number of hydrogen-bond donors (Lipinski definition) is 2. The zero-order chi connectivity index (χ0) is 5.40. The molecule has 0 bridgehead atoms. The van der Waals surface area contributed by atoms with Crippen LogP contribution in [0.5, 0.6) is 0 Å². The van der Waals surface area contributed by atoms with E-state index in [-0.39, 0.29) is 12.5 Å². The lowest BCUT2D eigenvalue weighted by atomic mass is 10.5. The van der Waals surface area contributed by atoms with Crippen LogP contribution >= 0.6 is 12.1 Å². The van der Waals surface area contributed by atoms with Crippen molar-refractivity contribution in [2.24, 2.45) is 0 Å². The van der Waals surface area contributed by atoms with Crippen LogP contribution in [0.1, 0.15) is 0 Å². The Morgan fingerprint density at radius 3 is 2.50 bits per heavy atom.